The van der Waals surface area contributed by atoms with E-state index in [1.807, 2.05) is 24.3 Å². The van der Waals surface area contributed by atoms with Crippen LogP contribution in [0.4, 0.5) is 13.2 Å². The van der Waals surface area contributed by atoms with E-state index in [1.165, 1.54) is 18.2 Å². The monoisotopic (exact) mass is 401 g/mol. The molecule has 0 aliphatic rings. The molecule has 0 bridgehead atoms. The molecule has 0 N–H and O–H groups in total. The molecule has 3 rings (SSSR count). The van der Waals surface area contributed by atoms with Crippen molar-refractivity contribution in [3.8, 4) is 28.4 Å². The van der Waals surface area contributed by atoms with Crippen LogP contribution in [0.5, 0.6) is 17.2 Å². The number of rotatable bonds is 6. The Morgan fingerprint density at radius 1 is 0.828 bits per heavy atom. The minimum atomic E-state index is -5.07. The summed E-state index contributed by atoms with van der Waals surface area (Å²) < 4.78 is 51.4. The van der Waals surface area contributed by atoms with Gasteiger partial charge in [0.1, 0.15) is 22.8 Å². The molecule has 0 amide bonds. The van der Waals surface area contributed by atoms with Crippen LogP contribution in [0.2, 0.25) is 0 Å². The molecule has 0 fully saturated rings. The summed E-state index contributed by atoms with van der Waals surface area (Å²) in [6, 6.07) is 19.9. The van der Waals surface area contributed by atoms with Gasteiger partial charge in [-0.2, -0.15) is 0 Å². The van der Waals surface area contributed by atoms with Crippen molar-refractivity contribution in [2.75, 3.05) is 6.61 Å². The van der Waals surface area contributed by atoms with Crippen LogP contribution in [0, 0.1) is 6.92 Å². The lowest BCUT2D eigenvalue weighted by Gasteiger charge is -2.12. The zero-order valence-electron chi connectivity index (χ0n) is 15.1. The molecular weight excluding hydrogens is 385 g/mol. The standard InChI is InChI=1S/C22H16F3O4/c1-2-27-17-11-7-15(8-12-17)16-9-13-18(14-10-16)28-20-6-4-3-5-19(20)21(26)29-22(23,24)25/h3-14H,1-2H2. The number of para-hydroxylation sites is 1. The Labute approximate surface area is 165 Å². The lowest BCUT2D eigenvalue weighted by Crippen LogP contribution is -2.19. The van der Waals surface area contributed by atoms with Crippen molar-refractivity contribution in [3.05, 3.63) is 85.3 Å². The van der Waals surface area contributed by atoms with Gasteiger partial charge in [0.05, 0.1) is 6.61 Å². The van der Waals surface area contributed by atoms with Gasteiger partial charge >= 0.3 is 12.3 Å². The fourth-order valence-electron chi connectivity index (χ4n) is 2.59. The molecule has 4 nitrogen and oxygen atoms in total. The van der Waals surface area contributed by atoms with Crippen molar-refractivity contribution in [2.45, 2.75) is 6.36 Å². The second kappa shape index (κ2) is 8.68. The molecular formula is C22H16F3O4. The van der Waals surface area contributed by atoms with Gasteiger partial charge in [0, 0.05) is 0 Å². The van der Waals surface area contributed by atoms with Crippen molar-refractivity contribution in [1.82, 2.24) is 0 Å². The van der Waals surface area contributed by atoms with Crippen molar-refractivity contribution in [3.63, 3.8) is 0 Å². The van der Waals surface area contributed by atoms with Gasteiger partial charge in [-0.15, -0.1) is 13.2 Å². The van der Waals surface area contributed by atoms with Crippen molar-refractivity contribution in [2.24, 2.45) is 0 Å². The number of halogens is 3. The maximum atomic E-state index is 12.3. The van der Waals surface area contributed by atoms with Crippen molar-refractivity contribution >= 4 is 5.97 Å². The minimum absolute atomic E-state index is 0.0378. The van der Waals surface area contributed by atoms with Crippen LogP contribution in [0.1, 0.15) is 10.4 Å². The summed E-state index contributed by atoms with van der Waals surface area (Å²) in [5.41, 5.74) is 1.53. The number of esters is 1. The minimum Gasteiger partial charge on any atom is -0.494 e. The number of hydrogen-bond acceptors (Lipinski definition) is 4. The quantitative estimate of drug-likeness (QED) is 0.473. The Kier molecular flexibility index (Phi) is 6.07. The summed E-state index contributed by atoms with van der Waals surface area (Å²) in [5.74, 6) is -0.498. The van der Waals surface area contributed by atoms with Crippen LogP contribution in [-0.2, 0) is 4.74 Å². The molecule has 0 unspecified atom stereocenters. The first kappa shape index (κ1) is 20.3. The highest BCUT2D eigenvalue weighted by atomic mass is 19.4. The van der Waals surface area contributed by atoms with Crippen LogP contribution < -0.4 is 9.47 Å². The summed E-state index contributed by atoms with van der Waals surface area (Å²) >= 11 is 0. The molecule has 0 aromatic heterocycles. The number of ether oxygens (including phenoxy) is 3. The highest BCUT2D eigenvalue weighted by Crippen LogP contribution is 2.30. The van der Waals surface area contributed by atoms with Crippen molar-refractivity contribution < 1.29 is 32.2 Å². The Morgan fingerprint density at radius 2 is 1.38 bits per heavy atom. The number of hydrogen-bond donors (Lipinski definition) is 0. The smallest absolute Gasteiger partial charge is 0.494 e. The van der Waals surface area contributed by atoms with E-state index in [-0.39, 0.29) is 11.3 Å². The molecule has 7 heteroatoms. The van der Waals surface area contributed by atoms with E-state index >= 15 is 0 Å². The van der Waals surface area contributed by atoms with E-state index in [1.54, 1.807) is 30.3 Å². The average Bonchev–Trinajstić information content (AvgIpc) is 2.69. The third-order valence-electron chi connectivity index (χ3n) is 3.85. The maximum Gasteiger partial charge on any atom is 0.575 e. The van der Waals surface area contributed by atoms with Gasteiger partial charge < -0.3 is 14.2 Å². The third-order valence-corrected chi connectivity index (χ3v) is 3.85. The molecule has 29 heavy (non-hydrogen) atoms. The first-order valence-electron chi connectivity index (χ1n) is 8.55. The lowest BCUT2D eigenvalue weighted by atomic mass is 10.1. The number of carbonyl (C=O) groups is 1. The molecule has 0 saturated carbocycles. The summed E-state index contributed by atoms with van der Waals surface area (Å²) in [6.07, 6.45) is -5.07. The van der Waals surface area contributed by atoms with Crippen LogP contribution in [-0.4, -0.2) is 18.9 Å². The average molecular weight is 401 g/mol. The number of alkyl halides is 3. The van der Waals surface area contributed by atoms with E-state index in [2.05, 4.69) is 11.7 Å². The molecule has 0 aliphatic heterocycles. The van der Waals surface area contributed by atoms with E-state index in [9.17, 15) is 18.0 Å². The third kappa shape index (κ3) is 5.51. The summed E-state index contributed by atoms with van der Waals surface area (Å²) in [7, 11) is 0. The Hall–Kier alpha value is -3.48. The summed E-state index contributed by atoms with van der Waals surface area (Å²) in [5, 5.41) is 0. The summed E-state index contributed by atoms with van der Waals surface area (Å²) in [4.78, 5) is 11.7. The highest BCUT2D eigenvalue weighted by molar-refractivity contribution is 5.92. The SMILES string of the molecule is [CH2]COc1ccc(-c2ccc(Oc3ccccc3C(=O)OC(F)(F)F)cc2)cc1. The van der Waals surface area contributed by atoms with Crippen LogP contribution in [0.3, 0.4) is 0 Å². The molecule has 0 atom stereocenters. The maximum absolute atomic E-state index is 12.3. The molecule has 0 aliphatic carbocycles. The number of benzene rings is 3. The molecule has 1 radical (unpaired) electrons. The Balaban J connectivity index is 1.76. The van der Waals surface area contributed by atoms with E-state index in [0.29, 0.717) is 18.1 Å². The predicted octanol–water partition coefficient (Wildman–Crippen LogP) is 6.04. The molecule has 0 saturated heterocycles. The summed E-state index contributed by atoms with van der Waals surface area (Å²) in [6.45, 7) is 3.96. The predicted molar refractivity (Wildman–Crippen MR) is 101 cm³/mol. The fraction of sp³-hybridized carbons (Fsp3) is 0.0909. The Morgan fingerprint density at radius 3 is 1.93 bits per heavy atom. The van der Waals surface area contributed by atoms with Gasteiger partial charge in [-0.05, 0) is 54.4 Å². The van der Waals surface area contributed by atoms with Gasteiger partial charge in [0.25, 0.3) is 0 Å². The number of carbonyl (C=O) groups excluding carboxylic acids is 1. The molecule has 0 heterocycles. The highest BCUT2D eigenvalue weighted by Gasteiger charge is 2.35. The van der Waals surface area contributed by atoms with Crippen LogP contribution in [0.25, 0.3) is 11.1 Å². The van der Waals surface area contributed by atoms with Crippen molar-refractivity contribution in [1.29, 1.82) is 0 Å². The van der Waals surface area contributed by atoms with Gasteiger partial charge in [-0.1, -0.05) is 36.4 Å². The van der Waals surface area contributed by atoms with Gasteiger partial charge in [0.15, 0.2) is 0 Å². The fourth-order valence-corrected chi connectivity index (χ4v) is 2.59. The largest absolute Gasteiger partial charge is 0.575 e. The van der Waals surface area contributed by atoms with Gasteiger partial charge in [-0.25, -0.2) is 4.79 Å². The van der Waals surface area contributed by atoms with Gasteiger partial charge in [0.2, 0.25) is 0 Å². The van der Waals surface area contributed by atoms with E-state index in [0.717, 1.165) is 11.1 Å². The topological polar surface area (TPSA) is 44.8 Å². The van der Waals surface area contributed by atoms with Crippen LogP contribution >= 0.6 is 0 Å². The second-order valence-corrected chi connectivity index (χ2v) is 5.83. The second-order valence-electron chi connectivity index (χ2n) is 5.83. The molecule has 0 spiro atoms. The zero-order valence-corrected chi connectivity index (χ0v) is 15.1. The lowest BCUT2D eigenvalue weighted by molar-refractivity contribution is -0.291. The normalized spacial score (nSPS) is 11.0. The molecule has 3 aromatic carbocycles. The molecule has 149 valence electrons. The van der Waals surface area contributed by atoms with E-state index in [4.69, 9.17) is 9.47 Å². The first-order chi connectivity index (χ1) is 13.9. The first-order valence-corrected chi connectivity index (χ1v) is 8.55. The van der Waals surface area contributed by atoms with E-state index < -0.39 is 12.3 Å². The zero-order chi connectivity index (χ0) is 20.9. The van der Waals surface area contributed by atoms with Gasteiger partial charge in [-0.3, -0.25) is 0 Å². The Bertz CT molecular complexity index is 965. The van der Waals surface area contributed by atoms with Crippen LogP contribution in [0.15, 0.2) is 72.8 Å². The molecule has 3 aromatic rings.